The Morgan fingerprint density at radius 3 is 3.00 bits per heavy atom. The highest BCUT2D eigenvalue weighted by Crippen LogP contribution is 2.21. The van der Waals surface area contributed by atoms with E-state index < -0.39 is 0 Å². The first-order valence-corrected chi connectivity index (χ1v) is 7.19. The molecule has 0 saturated carbocycles. The van der Waals surface area contributed by atoms with Gasteiger partial charge in [0.2, 0.25) is 5.91 Å². The number of amides is 1. The van der Waals surface area contributed by atoms with Crippen molar-refractivity contribution in [1.29, 1.82) is 0 Å². The van der Waals surface area contributed by atoms with Crippen LogP contribution in [0, 0.1) is 0 Å². The van der Waals surface area contributed by atoms with Gasteiger partial charge in [-0.15, -0.1) is 0 Å². The van der Waals surface area contributed by atoms with E-state index in [2.05, 4.69) is 21.2 Å². The number of nitrogens with one attached hydrogen (secondary N) is 1. The predicted molar refractivity (Wildman–Crippen MR) is 76.5 cm³/mol. The highest BCUT2D eigenvalue weighted by molar-refractivity contribution is 9.10. The number of benzene rings is 1. The zero-order valence-corrected chi connectivity index (χ0v) is 12.2. The Kier molecular flexibility index (Phi) is 4.78. The van der Waals surface area contributed by atoms with E-state index in [1.807, 2.05) is 36.2 Å². The van der Waals surface area contributed by atoms with Crippen LogP contribution >= 0.6 is 15.9 Å². The van der Waals surface area contributed by atoms with Crippen LogP contribution in [0.15, 0.2) is 28.7 Å². The maximum Gasteiger partial charge on any atom is 0.227 e. The van der Waals surface area contributed by atoms with Crippen LogP contribution in [-0.4, -0.2) is 37.0 Å². The molecule has 18 heavy (non-hydrogen) atoms. The van der Waals surface area contributed by atoms with Crippen molar-refractivity contribution in [2.45, 2.75) is 25.3 Å². The number of likely N-dealkylation sites (N-methyl/N-ethyl adjacent to an activating group) is 1. The SMILES string of the molecule is CNCC1CCCN1C(=O)Cc1ccccc1Br. The molecule has 2 rings (SSSR count). The summed E-state index contributed by atoms with van der Waals surface area (Å²) >= 11 is 3.50. The lowest BCUT2D eigenvalue weighted by Gasteiger charge is -2.24. The maximum atomic E-state index is 12.3. The number of carbonyl (C=O) groups excluding carboxylic acids is 1. The zero-order chi connectivity index (χ0) is 13.0. The fourth-order valence-electron chi connectivity index (χ4n) is 2.52. The summed E-state index contributed by atoms with van der Waals surface area (Å²) in [6.07, 6.45) is 2.72. The molecule has 0 bridgehead atoms. The number of halogens is 1. The minimum absolute atomic E-state index is 0.236. The van der Waals surface area contributed by atoms with Crippen molar-refractivity contribution >= 4 is 21.8 Å². The van der Waals surface area contributed by atoms with E-state index in [4.69, 9.17) is 0 Å². The Hall–Kier alpha value is -0.870. The molecule has 1 saturated heterocycles. The molecule has 4 heteroatoms. The number of hydrogen-bond donors (Lipinski definition) is 1. The summed E-state index contributed by atoms with van der Waals surface area (Å²) in [5.41, 5.74) is 1.07. The lowest BCUT2D eigenvalue weighted by Crippen LogP contribution is -2.41. The fraction of sp³-hybridized carbons (Fsp3) is 0.500. The summed E-state index contributed by atoms with van der Waals surface area (Å²) in [7, 11) is 1.94. The highest BCUT2D eigenvalue weighted by atomic mass is 79.9. The molecule has 98 valence electrons. The number of hydrogen-bond acceptors (Lipinski definition) is 2. The third-order valence-corrected chi connectivity index (χ3v) is 4.21. The fourth-order valence-corrected chi connectivity index (χ4v) is 2.94. The van der Waals surface area contributed by atoms with Crippen LogP contribution < -0.4 is 5.32 Å². The van der Waals surface area contributed by atoms with Gasteiger partial charge in [-0.2, -0.15) is 0 Å². The van der Waals surface area contributed by atoms with Crippen LogP contribution in [0.1, 0.15) is 18.4 Å². The van der Waals surface area contributed by atoms with Gasteiger partial charge in [0, 0.05) is 23.6 Å². The standard InChI is InChI=1S/C14H19BrN2O/c1-16-10-12-6-4-8-17(12)14(18)9-11-5-2-3-7-13(11)15/h2-3,5,7,12,16H,4,6,8-10H2,1H3. The molecule has 1 aliphatic rings. The summed E-state index contributed by atoms with van der Waals surface area (Å²) < 4.78 is 1.02. The molecule has 1 aromatic rings. The summed E-state index contributed by atoms with van der Waals surface area (Å²) in [4.78, 5) is 14.4. The summed E-state index contributed by atoms with van der Waals surface area (Å²) in [6.45, 7) is 1.79. The van der Waals surface area contributed by atoms with Crippen LogP contribution in [0.25, 0.3) is 0 Å². The Morgan fingerprint density at radius 1 is 1.50 bits per heavy atom. The Labute approximate surface area is 117 Å². The lowest BCUT2D eigenvalue weighted by atomic mass is 10.1. The molecule has 0 aliphatic carbocycles. The van der Waals surface area contributed by atoms with Crippen molar-refractivity contribution in [1.82, 2.24) is 10.2 Å². The minimum Gasteiger partial charge on any atom is -0.338 e. The van der Waals surface area contributed by atoms with Crippen molar-refractivity contribution in [2.75, 3.05) is 20.1 Å². The molecule has 1 aromatic carbocycles. The molecule has 1 aliphatic heterocycles. The van der Waals surface area contributed by atoms with Gasteiger partial charge in [0.05, 0.1) is 6.42 Å². The molecule has 1 amide bonds. The van der Waals surface area contributed by atoms with Gasteiger partial charge < -0.3 is 10.2 Å². The van der Waals surface area contributed by atoms with Crippen LogP contribution in [-0.2, 0) is 11.2 Å². The van der Waals surface area contributed by atoms with E-state index in [-0.39, 0.29) is 5.91 Å². The van der Waals surface area contributed by atoms with Crippen molar-refractivity contribution in [3.63, 3.8) is 0 Å². The van der Waals surface area contributed by atoms with E-state index in [1.165, 1.54) is 0 Å². The number of rotatable bonds is 4. The summed E-state index contributed by atoms with van der Waals surface area (Å²) in [5.74, 6) is 0.236. The van der Waals surface area contributed by atoms with E-state index in [1.54, 1.807) is 0 Å². The average Bonchev–Trinajstić information content (AvgIpc) is 2.81. The molecule has 0 spiro atoms. The quantitative estimate of drug-likeness (QED) is 0.924. The van der Waals surface area contributed by atoms with Gasteiger partial charge in [0.25, 0.3) is 0 Å². The third kappa shape index (κ3) is 3.12. The molecule has 1 heterocycles. The topological polar surface area (TPSA) is 32.3 Å². The first-order chi connectivity index (χ1) is 8.72. The molecule has 1 atom stereocenters. The van der Waals surface area contributed by atoms with Crippen LogP contribution in [0.2, 0.25) is 0 Å². The highest BCUT2D eigenvalue weighted by Gasteiger charge is 2.27. The molecular weight excluding hydrogens is 292 g/mol. The van der Waals surface area contributed by atoms with Gasteiger partial charge in [0.1, 0.15) is 0 Å². The largest absolute Gasteiger partial charge is 0.338 e. The molecule has 1 N–H and O–H groups in total. The van der Waals surface area contributed by atoms with Crippen molar-refractivity contribution < 1.29 is 4.79 Å². The first kappa shape index (κ1) is 13.6. The molecular formula is C14H19BrN2O. The lowest BCUT2D eigenvalue weighted by molar-refractivity contribution is -0.131. The molecule has 1 fully saturated rings. The normalized spacial score (nSPS) is 19.2. The summed E-state index contributed by atoms with van der Waals surface area (Å²) in [5, 5.41) is 3.17. The smallest absolute Gasteiger partial charge is 0.227 e. The molecule has 0 radical (unpaired) electrons. The Morgan fingerprint density at radius 2 is 2.28 bits per heavy atom. The average molecular weight is 311 g/mol. The monoisotopic (exact) mass is 310 g/mol. The van der Waals surface area contributed by atoms with E-state index in [0.29, 0.717) is 12.5 Å². The van der Waals surface area contributed by atoms with E-state index in [0.717, 1.165) is 36.0 Å². The number of carbonyl (C=O) groups is 1. The summed E-state index contributed by atoms with van der Waals surface area (Å²) in [6, 6.07) is 8.30. The van der Waals surface area contributed by atoms with Crippen molar-refractivity contribution in [3.8, 4) is 0 Å². The number of nitrogens with zero attached hydrogens (tertiary/aromatic N) is 1. The van der Waals surface area contributed by atoms with Gasteiger partial charge >= 0.3 is 0 Å². The predicted octanol–water partition coefficient (Wildman–Crippen LogP) is 2.20. The number of likely N-dealkylation sites (tertiary alicyclic amines) is 1. The molecule has 1 unspecified atom stereocenters. The molecule has 3 nitrogen and oxygen atoms in total. The second-order valence-electron chi connectivity index (χ2n) is 4.71. The third-order valence-electron chi connectivity index (χ3n) is 3.44. The zero-order valence-electron chi connectivity index (χ0n) is 10.7. The van der Waals surface area contributed by atoms with Crippen molar-refractivity contribution in [3.05, 3.63) is 34.3 Å². The van der Waals surface area contributed by atoms with Crippen LogP contribution in [0.5, 0.6) is 0 Å². The van der Waals surface area contributed by atoms with Gasteiger partial charge in [-0.05, 0) is 31.5 Å². The van der Waals surface area contributed by atoms with Crippen LogP contribution in [0.4, 0.5) is 0 Å². The van der Waals surface area contributed by atoms with E-state index >= 15 is 0 Å². The van der Waals surface area contributed by atoms with E-state index in [9.17, 15) is 4.79 Å². The van der Waals surface area contributed by atoms with Crippen LogP contribution in [0.3, 0.4) is 0 Å². The van der Waals surface area contributed by atoms with Gasteiger partial charge in [-0.1, -0.05) is 34.1 Å². The van der Waals surface area contributed by atoms with Gasteiger partial charge in [0.15, 0.2) is 0 Å². The molecule has 0 aromatic heterocycles. The minimum atomic E-state index is 0.236. The first-order valence-electron chi connectivity index (χ1n) is 6.40. The van der Waals surface area contributed by atoms with Gasteiger partial charge in [-0.25, -0.2) is 0 Å². The second kappa shape index (κ2) is 6.34. The second-order valence-corrected chi connectivity index (χ2v) is 5.56. The Balaban J connectivity index is 2.01. The van der Waals surface area contributed by atoms with Crippen molar-refractivity contribution in [2.24, 2.45) is 0 Å². The Bertz CT molecular complexity index is 422. The maximum absolute atomic E-state index is 12.3. The van der Waals surface area contributed by atoms with Gasteiger partial charge in [-0.3, -0.25) is 4.79 Å².